The number of nitrogens with two attached hydrogens (primary N) is 1. The highest BCUT2D eigenvalue weighted by molar-refractivity contribution is 7.13. The topological polar surface area (TPSA) is 65.2 Å². The Balaban J connectivity index is 2.40. The van der Waals surface area contributed by atoms with E-state index in [2.05, 4.69) is 4.98 Å². The van der Waals surface area contributed by atoms with Crippen molar-refractivity contribution in [3.05, 3.63) is 34.8 Å². The van der Waals surface area contributed by atoms with E-state index in [0.717, 1.165) is 16.3 Å². The molecule has 1 aromatic carbocycles. The predicted molar refractivity (Wildman–Crippen MR) is 72.7 cm³/mol. The van der Waals surface area contributed by atoms with E-state index in [9.17, 15) is 4.79 Å². The Morgan fingerprint density at radius 1 is 1.50 bits per heavy atom. The van der Waals surface area contributed by atoms with Gasteiger partial charge in [-0.15, -0.1) is 11.3 Å². The van der Waals surface area contributed by atoms with E-state index in [1.54, 1.807) is 19.1 Å². The van der Waals surface area contributed by atoms with Crippen molar-refractivity contribution in [3.8, 4) is 10.6 Å². The van der Waals surface area contributed by atoms with Crippen LogP contribution in [0.4, 0.5) is 5.69 Å². The number of aryl methyl sites for hydroxylation is 1. The second kappa shape index (κ2) is 5.18. The molecule has 0 atom stereocenters. The van der Waals surface area contributed by atoms with E-state index in [1.807, 2.05) is 18.4 Å². The molecule has 0 bridgehead atoms. The molecule has 4 nitrogen and oxygen atoms in total. The molecule has 0 saturated carbocycles. The third-order valence-corrected chi connectivity index (χ3v) is 3.42. The van der Waals surface area contributed by atoms with Crippen molar-refractivity contribution in [2.75, 3.05) is 12.3 Å². The first kappa shape index (κ1) is 12.6. The van der Waals surface area contributed by atoms with Gasteiger partial charge in [0.25, 0.3) is 0 Å². The van der Waals surface area contributed by atoms with Gasteiger partial charge in [-0.2, -0.15) is 0 Å². The summed E-state index contributed by atoms with van der Waals surface area (Å²) in [6.07, 6.45) is 0. The molecule has 2 N–H and O–H groups in total. The van der Waals surface area contributed by atoms with Gasteiger partial charge >= 0.3 is 5.97 Å². The van der Waals surface area contributed by atoms with E-state index >= 15 is 0 Å². The highest BCUT2D eigenvalue weighted by Gasteiger charge is 2.13. The number of benzene rings is 1. The second-order valence-electron chi connectivity index (χ2n) is 3.82. The number of ether oxygens (including phenoxy) is 1. The molecule has 2 aromatic rings. The zero-order valence-corrected chi connectivity index (χ0v) is 11.1. The van der Waals surface area contributed by atoms with E-state index in [4.69, 9.17) is 10.5 Å². The number of nitrogens with zero attached hydrogens (tertiary/aromatic N) is 1. The molecule has 1 heterocycles. The van der Waals surface area contributed by atoms with Gasteiger partial charge in [0.05, 0.1) is 12.2 Å². The molecule has 0 aliphatic heterocycles. The van der Waals surface area contributed by atoms with Gasteiger partial charge in [0.1, 0.15) is 5.01 Å². The van der Waals surface area contributed by atoms with Crippen LogP contribution in [-0.4, -0.2) is 17.6 Å². The van der Waals surface area contributed by atoms with Crippen molar-refractivity contribution >= 4 is 23.0 Å². The summed E-state index contributed by atoms with van der Waals surface area (Å²) in [6, 6.07) is 5.29. The Bertz CT molecular complexity index is 578. The molecule has 0 unspecified atom stereocenters. The summed E-state index contributed by atoms with van der Waals surface area (Å²) < 4.78 is 4.97. The van der Waals surface area contributed by atoms with E-state index in [0.29, 0.717) is 17.9 Å². The van der Waals surface area contributed by atoms with Gasteiger partial charge < -0.3 is 10.5 Å². The molecule has 0 spiro atoms. The molecule has 0 saturated heterocycles. The minimum atomic E-state index is -0.398. The van der Waals surface area contributed by atoms with Crippen molar-refractivity contribution in [2.24, 2.45) is 0 Å². The predicted octanol–water partition coefficient (Wildman–Crippen LogP) is 2.88. The maximum absolute atomic E-state index is 11.7. The molecule has 0 aliphatic rings. The molecule has 94 valence electrons. The second-order valence-corrected chi connectivity index (χ2v) is 4.67. The quantitative estimate of drug-likeness (QED) is 0.682. The lowest BCUT2D eigenvalue weighted by molar-refractivity contribution is 0.0527. The molecule has 0 fully saturated rings. The Morgan fingerprint density at radius 2 is 2.28 bits per heavy atom. The first-order valence-electron chi connectivity index (χ1n) is 5.61. The molecule has 18 heavy (non-hydrogen) atoms. The standard InChI is InChI=1S/C13H14N2O2S/c1-3-17-13(16)10-6-9(4-5-11(10)14)12-15-8(2)7-18-12/h4-7H,3,14H2,1-2H3. The average Bonchev–Trinajstić information content (AvgIpc) is 2.77. The van der Waals surface area contributed by atoms with Gasteiger partial charge in [0.15, 0.2) is 0 Å². The van der Waals surface area contributed by atoms with Crippen LogP contribution in [-0.2, 0) is 4.74 Å². The van der Waals surface area contributed by atoms with Crippen LogP contribution in [0.1, 0.15) is 23.0 Å². The minimum absolute atomic E-state index is 0.332. The molecular weight excluding hydrogens is 248 g/mol. The fraction of sp³-hybridized carbons (Fsp3) is 0.231. The Labute approximate surface area is 109 Å². The smallest absolute Gasteiger partial charge is 0.340 e. The Hall–Kier alpha value is -1.88. The number of hydrogen-bond acceptors (Lipinski definition) is 5. The van der Waals surface area contributed by atoms with Crippen molar-refractivity contribution in [1.82, 2.24) is 4.98 Å². The summed E-state index contributed by atoms with van der Waals surface area (Å²) in [5.74, 6) is -0.398. The summed E-state index contributed by atoms with van der Waals surface area (Å²) >= 11 is 1.54. The summed E-state index contributed by atoms with van der Waals surface area (Å²) in [7, 11) is 0. The van der Waals surface area contributed by atoms with Gasteiger partial charge in [0.2, 0.25) is 0 Å². The number of anilines is 1. The van der Waals surface area contributed by atoms with Crippen molar-refractivity contribution in [1.29, 1.82) is 0 Å². The first-order chi connectivity index (χ1) is 8.61. The number of nitrogen functional groups attached to an aromatic ring is 1. The molecule has 2 rings (SSSR count). The normalized spacial score (nSPS) is 10.3. The molecule has 0 aliphatic carbocycles. The SMILES string of the molecule is CCOC(=O)c1cc(-c2nc(C)cs2)ccc1N. The number of esters is 1. The highest BCUT2D eigenvalue weighted by atomic mass is 32.1. The maximum Gasteiger partial charge on any atom is 0.340 e. The minimum Gasteiger partial charge on any atom is -0.462 e. The van der Waals surface area contributed by atoms with Crippen LogP contribution in [0.5, 0.6) is 0 Å². The van der Waals surface area contributed by atoms with Crippen LogP contribution in [0.15, 0.2) is 23.6 Å². The first-order valence-corrected chi connectivity index (χ1v) is 6.49. The van der Waals surface area contributed by atoms with Gasteiger partial charge in [-0.3, -0.25) is 0 Å². The number of rotatable bonds is 3. The maximum atomic E-state index is 11.7. The largest absolute Gasteiger partial charge is 0.462 e. The lowest BCUT2D eigenvalue weighted by atomic mass is 10.1. The van der Waals surface area contributed by atoms with Crippen LogP contribution in [0.3, 0.4) is 0 Å². The Kier molecular flexibility index (Phi) is 3.62. The van der Waals surface area contributed by atoms with Crippen LogP contribution < -0.4 is 5.73 Å². The fourth-order valence-electron chi connectivity index (χ4n) is 1.56. The molecule has 0 radical (unpaired) electrons. The fourth-order valence-corrected chi connectivity index (χ4v) is 2.36. The van der Waals surface area contributed by atoms with Crippen LogP contribution in [0.2, 0.25) is 0 Å². The van der Waals surface area contributed by atoms with Gasteiger partial charge in [-0.05, 0) is 32.0 Å². The average molecular weight is 262 g/mol. The summed E-state index contributed by atoms with van der Waals surface area (Å²) in [5, 5.41) is 2.84. The van der Waals surface area contributed by atoms with Crippen molar-refractivity contribution < 1.29 is 9.53 Å². The van der Waals surface area contributed by atoms with E-state index in [-0.39, 0.29) is 0 Å². The number of carbonyl (C=O) groups excluding carboxylic acids is 1. The highest BCUT2D eigenvalue weighted by Crippen LogP contribution is 2.27. The van der Waals surface area contributed by atoms with Crippen LogP contribution in [0, 0.1) is 6.92 Å². The number of carbonyl (C=O) groups is 1. The summed E-state index contributed by atoms with van der Waals surface area (Å²) in [5.41, 5.74) is 8.44. The number of aromatic nitrogens is 1. The van der Waals surface area contributed by atoms with E-state index in [1.165, 1.54) is 11.3 Å². The molecule has 0 amide bonds. The van der Waals surface area contributed by atoms with Crippen molar-refractivity contribution in [2.45, 2.75) is 13.8 Å². The van der Waals surface area contributed by atoms with E-state index < -0.39 is 5.97 Å². The molecule has 5 heteroatoms. The summed E-state index contributed by atoms with van der Waals surface area (Å²) in [6.45, 7) is 4.03. The summed E-state index contributed by atoms with van der Waals surface area (Å²) in [4.78, 5) is 16.1. The lowest BCUT2D eigenvalue weighted by Gasteiger charge is -2.06. The van der Waals surface area contributed by atoms with Crippen molar-refractivity contribution in [3.63, 3.8) is 0 Å². The molecule has 1 aromatic heterocycles. The zero-order valence-electron chi connectivity index (χ0n) is 10.3. The monoisotopic (exact) mass is 262 g/mol. The Morgan fingerprint density at radius 3 is 2.89 bits per heavy atom. The third-order valence-electron chi connectivity index (χ3n) is 2.41. The van der Waals surface area contributed by atoms with Crippen LogP contribution in [0.25, 0.3) is 10.6 Å². The van der Waals surface area contributed by atoms with Gasteiger partial charge in [0, 0.05) is 22.3 Å². The number of hydrogen-bond donors (Lipinski definition) is 1. The lowest BCUT2D eigenvalue weighted by Crippen LogP contribution is -2.08. The van der Waals surface area contributed by atoms with Gasteiger partial charge in [-0.1, -0.05) is 0 Å². The van der Waals surface area contributed by atoms with Gasteiger partial charge in [-0.25, -0.2) is 9.78 Å². The molecular formula is C13H14N2O2S. The van der Waals surface area contributed by atoms with Crippen LogP contribution >= 0.6 is 11.3 Å². The third kappa shape index (κ3) is 2.51. The zero-order chi connectivity index (χ0) is 13.1. The number of thiazole rings is 1.